The number of pyridine rings is 1. The second-order valence-electron chi connectivity index (χ2n) is 8.06. The normalized spacial score (nSPS) is 12.3. The summed E-state index contributed by atoms with van der Waals surface area (Å²) in [5.41, 5.74) is 4.52. The number of benzene rings is 1. The van der Waals surface area contributed by atoms with Gasteiger partial charge in [0.25, 0.3) is 11.5 Å². The van der Waals surface area contributed by atoms with Crippen LogP contribution in [0.1, 0.15) is 47.2 Å². The van der Waals surface area contributed by atoms with Crippen LogP contribution in [0.15, 0.2) is 53.5 Å². The molecule has 1 amide bonds. The summed E-state index contributed by atoms with van der Waals surface area (Å²) >= 11 is 0. The van der Waals surface area contributed by atoms with Crippen LogP contribution >= 0.6 is 0 Å². The maximum Gasteiger partial charge on any atom is 0.251 e. The number of aromatic nitrogens is 4. The first-order valence-electron chi connectivity index (χ1n) is 10.3. The highest BCUT2D eigenvalue weighted by molar-refractivity contribution is 5.98. The lowest BCUT2D eigenvalue weighted by atomic mass is 9.99. The predicted molar refractivity (Wildman–Crippen MR) is 121 cm³/mol. The van der Waals surface area contributed by atoms with Crippen molar-refractivity contribution in [2.24, 2.45) is 5.92 Å². The van der Waals surface area contributed by atoms with Crippen LogP contribution in [0, 0.1) is 19.8 Å². The van der Waals surface area contributed by atoms with Crippen molar-refractivity contribution < 1.29 is 4.79 Å². The number of rotatable bonds is 5. The third-order valence-electron chi connectivity index (χ3n) is 5.51. The summed E-state index contributed by atoms with van der Waals surface area (Å²) in [6.07, 6.45) is 1.64. The van der Waals surface area contributed by atoms with Gasteiger partial charge in [0.05, 0.1) is 11.7 Å². The van der Waals surface area contributed by atoms with Crippen molar-refractivity contribution in [3.8, 4) is 11.5 Å². The molecule has 7 heteroatoms. The predicted octanol–water partition coefficient (Wildman–Crippen LogP) is 4.06. The van der Waals surface area contributed by atoms with Gasteiger partial charge in [-0.25, -0.2) is 4.98 Å². The first-order valence-corrected chi connectivity index (χ1v) is 10.3. The lowest BCUT2D eigenvalue weighted by molar-refractivity contribution is 0.0924. The molecule has 0 spiro atoms. The van der Waals surface area contributed by atoms with E-state index in [-0.39, 0.29) is 17.4 Å². The second kappa shape index (κ2) is 8.18. The van der Waals surface area contributed by atoms with Gasteiger partial charge in [-0.3, -0.25) is 14.6 Å². The second-order valence-corrected chi connectivity index (χ2v) is 8.06. The molecular formula is C24H25N5O2. The number of carbonyl (C=O) groups is 1. The molecule has 3 N–H and O–H groups in total. The number of nitrogens with one attached hydrogen (secondary N) is 3. The van der Waals surface area contributed by atoms with Crippen molar-refractivity contribution in [2.45, 2.75) is 33.7 Å². The van der Waals surface area contributed by atoms with Crippen molar-refractivity contribution in [3.63, 3.8) is 0 Å². The topological polar surface area (TPSA) is 104 Å². The lowest BCUT2D eigenvalue weighted by Crippen LogP contribution is -2.33. The molecule has 0 aliphatic heterocycles. The largest absolute Gasteiger partial charge is 0.358 e. The lowest BCUT2D eigenvalue weighted by Gasteiger charge is -2.22. The van der Waals surface area contributed by atoms with Crippen LogP contribution < -0.4 is 10.9 Å². The number of carbonyl (C=O) groups excluding carboxylic acids is 1. The molecule has 0 fully saturated rings. The molecule has 0 saturated heterocycles. The standard InChI is InChI=1S/C24H25N5O2/c1-13(2)22(20-12-21(30)28-23(27-20)18-7-5-6-10-25-18)29-24(31)16-8-9-17-14(3)15(4)26-19(17)11-16/h5-13,22,26H,1-4H3,(H,29,31)(H,27,28,30). The highest BCUT2D eigenvalue weighted by atomic mass is 16.1. The van der Waals surface area contributed by atoms with Crippen LogP contribution in [0.5, 0.6) is 0 Å². The van der Waals surface area contributed by atoms with Gasteiger partial charge in [0, 0.05) is 34.4 Å². The Kier molecular flexibility index (Phi) is 5.42. The fourth-order valence-corrected chi connectivity index (χ4v) is 3.68. The summed E-state index contributed by atoms with van der Waals surface area (Å²) in [4.78, 5) is 40.3. The van der Waals surface area contributed by atoms with E-state index < -0.39 is 6.04 Å². The highest BCUT2D eigenvalue weighted by Gasteiger charge is 2.22. The van der Waals surface area contributed by atoms with E-state index in [0.717, 1.165) is 16.6 Å². The molecule has 3 aromatic heterocycles. The Morgan fingerprint density at radius 3 is 2.58 bits per heavy atom. The van der Waals surface area contributed by atoms with Crippen molar-refractivity contribution in [3.05, 3.63) is 81.5 Å². The van der Waals surface area contributed by atoms with E-state index in [2.05, 4.69) is 32.2 Å². The quantitative estimate of drug-likeness (QED) is 0.457. The van der Waals surface area contributed by atoms with E-state index in [9.17, 15) is 9.59 Å². The summed E-state index contributed by atoms with van der Waals surface area (Å²) < 4.78 is 0. The van der Waals surface area contributed by atoms with Crippen LogP contribution in [0.25, 0.3) is 22.4 Å². The Labute approximate surface area is 180 Å². The van der Waals surface area contributed by atoms with Gasteiger partial charge in [-0.15, -0.1) is 0 Å². The molecule has 0 saturated carbocycles. The van der Waals surface area contributed by atoms with Crippen LogP contribution in [0.4, 0.5) is 0 Å². The smallest absolute Gasteiger partial charge is 0.251 e. The van der Waals surface area contributed by atoms with Gasteiger partial charge in [-0.05, 0) is 49.6 Å². The average molecular weight is 415 g/mol. The molecule has 0 radical (unpaired) electrons. The maximum absolute atomic E-state index is 13.1. The van der Waals surface area contributed by atoms with Crippen molar-refractivity contribution in [1.82, 2.24) is 25.3 Å². The van der Waals surface area contributed by atoms with Gasteiger partial charge in [0.15, 0.2) is 5.82 Å². The Bertz CT molecular complexity index is 1300. The Morgan fingerprint density at radius 2 is 1.87 bits per heavy atom. The molecule has 4 aromatic rings. The van der Waals surface area contributed by atoms with Gasteiger partial charge >= 0.3 is 0 Å². The number of fused-ring (bicyclic) bond motifs is 1. The monoisotopic (exact) mass is 415 g/mol. The number of hydrogen-bond donors (Lipinski definition) is 3. The zero-order valence-corrected chi connectivity index (χ0v) is 18.0. The average Bonchev–Trinajstić information content (AvgIpc) is 3.04. The molecule has 0 aliphatic rings. The summed E-state index contributed by atoms with van der Waals surface area (Å²) in [5, 5.41) is 4.16. The fraction of sp³-hybridized carbons (Fsp3) is 0.250. The molecule has 0 bridgehead atoms. The van der Waals surface area contributed by atoms with E-state index >= 15 is 0 Å². The molecular weight excluding hydrogens is 390 g/mol. The van der Waals surface area contributed by atoms with E-state index in [1.54, 1.807) is 18.3 Å². The summed E-state index contributed by atoms with van der Waals surface area (Å²) in [7, 11) is 0. The molecule has 3 heterocycles. The zero-order chi connectivity index (χ0) is 22.1. The summed E-state index contributed by atoms with van der Waals surface area (Å²) in [6, 6.07) is 12.0. The van der Waals surface area contributed by atoms with Gasteiger partial charge in [-0.2, -0.15) is 0 Å². The first kappa shape index (κ1) is 20.5. The summed E-state index contributed by atoms with van der Waals surface area (Å²) in [6.45, 7) is 8.03. The van der Waals surface area contributed by atoms with E-state index in [1.807, 2.05) is 45.0 Å². The van der Waals surface area contributed by atoms with Crippen LogP contribution in [-0.2, 0) is 0 Å². The third kappa shape index (κ3) is 4.12. The number of amides is 1. The third-order valence-corrected chi connectivity index (χ3v) is 5.51. The molecule has 31 heavy (non-hydrogen) atoms. The minimum atomic E-state index is -0.430. The van der Waals surface area contributed by atoms with Crippen LogP contribution in [0.2, 0.25) is 0 Å². The van der Waals surface area contributed by atoms with E-state index in [0.29, 0.717) is 22.8 Å². The van der Waals surface area contributed by atoms with Crippen LogP contribution in [-0.4, -0.2) is 25.8 Å². The molecule has 1 unspecified atom stereocenters. The number of nitrogens with zero attached hydrogens (tertiary/aromatic N) is 2. The number of aromatic amines is 2. The van der Waals surface area contributed by atoms with Gasteiger partial charge in [-0.1, -0.05) is 26.0 Å². The minimum absolute atomic E-state index is 0.0218. The molecule has 1 atom stereocenters. The van der Waals surface area contributed by atoms with Gasteiger partial charge in [0.1, 0.15) is 5.69 Å². The molecule has 0 aliphatic carbocycles. The van der Waals surface area contributed by atoms with E-state index in [4.69, 9.17) is 0 Å². The highest BCUT2D eigenvalue weighted by Crippen LogP contribution is 2.24. The SMILES string of the molecule is Cc1[nH]c2cc(C(=O)NC(c3cc(=O)[nH]c(-c4ccccn4)n3)C(C)C)ccc2c1C. The molecule has 1 aromatic carbocycles. The van der Waals surface area contributed by atoms with Crippen molar-refractivity contribution in [1.29, 1.82) is 0 Å². The minimum Gasteiger partial charge on any atom is -0.358 e. The summed E-state index contributed by atoms with van der Waals surface area (Å²) in [5.74, 6) is 0.183. The van der Waals surface area contributed by atoms with Crippen molar-refractivity contribution >= 4 is 16.8 Å². The first-order chi connectivity index (χ1) is 14.8. The van der Waals surface area contributed by atoms with E-state index in [1.165, 1.54) is 11.6 Å². The Hall–Kier alpha value is -3.74. The van der Waals surface area contributed by atoms with Crippen LogP contribution in [0.3, 0.4) is 0 Å². The fourth-order valence-electron chi connectivity index (χ4n) is 3.68. The van der Waals surface area contributed by atoms with Gasteiger partial charge < -0.3 is 15.3 Å². The van der Waals surface area contributed by atoms with Gasteiger partial charge in [0.2, 0.25) is 0 Å². The Morgan fingerprint density at radius 1 is 1.06 bits per heavy atom. The number of hydrogen-bond acceptors (Lipinski definition) is 4. The number of H-pyrrole nitrogens is 2. The molecule has 7 nitrogen and oxygen atoms in total. The number of aryl methyl sites for hydroxylation is 2. The molecule has 4 rings (SSSR count). The molecule has 158 valence electrons. The Balaban J connectivity index is 1.66. The maximum atomic E-state index is 13.1. The zero-order valence-electron chi connectivity index (χ0n) is 18.0. The van der Waals surface area contributed by atoms with Crippen molar-refractivity contribution in [2.75, 3.05) is 0 Å².